The van der Waals surface area contributed by atoms with Crippen molar-refractivity contribution in [3.05, 3.63) is 28.6 Å². The van der Waals surface area contributed by atoms with Crippen LogP contribution in [0.4, 0.5) is 5.69 Å². The second kappa shape index (κ2) is 5.34. The van der Waals surface area contributed by atoms with Crippen molar-refractivity contribution in [3.8, 4) is 0 Å². The normalized spacial score (nSPS) is 22.1. The van der Waals surface area contributed by atoms with Crippen molar-refractivity contribution < 1.29 is 4.79 Å². The van der Waals surface area contributed by atoms with Gasteiger partial charge >= 0.3 is 0 Å². The number of nitrogen functional groups attached to an aromatic ring is 1. The maximum Gasteiger partial charge on any atom is 0.266 e. The summed E-state index contributed by atoms with van der Waals surface area (Å²) in [5.74, 6) is 0.116. The van der Waals surface area contributed by atoms with Gasteiger partial charge in [0, 0.05) is 22.2 Å². The minimum atomic E-state index is 0.116. The molecule has 0 spiro atoms. The van der Waals surface area contributed by atoms with Crippen LogP contribution in [0.15, 0.2) is 18.2 Å². The predicted molar refractivity (Wildman–Crippen MR) is 89.9 cm³/mol. The highest BCUT2D eigenvalue weighted by atomic mass is 32.1. The van der Waals surface area contributed by atoms with Gasteiger partial charge in [-0.15, -0.1) is 11.3 Å². The summed E-state index contributed by atoms with van der Waals surface area (Å²) in [7, 11) is 0. The highest BCUT2D eigenvalue weighted by Gasteiger charge is 2.35. The number of benzene rings is 1. The molecule has 2 unspecified atom stereocenters. The Labute approximate surface area is 129 Å². The number of likely N-dealkylation sites (tertiary alicyclic amines) is 1. The molecule has 3 rings (SSSR count). The monoisotopic (exact) mass is 302 g/mol. The Morgan fingerprint density at radius 2 is 2.19 bits per heavy atom. The third kappa shape index (κ3) is 2.22. The zero-order chi connectivity index (χ0) is 15.1. The largest absolute Gasteiger partial charge is 0.397 e. The average molecular weight is 302 g/mol. The lowest BCUT2D eigenvalue weighted by atomic mass is 10.1. The molecule has 1 saturated heterocycles. The van der Waals surface area contributed by atoms with E-state index in [1.54, 1.807) is 11.3 Å². The van der Waals surface area contributed by atoms with E-state index in [4.69, 9.17) is 5.73 Å². The van der Waals surface area contributed by atoms with E-state index in [-0.39, 0.29) is 5.91 Å². The Bertz CT molecular complexity index is 691. The van der Waals surface area contributed by atoms with Crippen molar-refractivity contribution in [2.24, 2.45) is 0 Å². The number of fused-ring (bicyclic) bond motifs is 1. The molecule has 112 valence electrons. The first-order valence-corrected chi connectivity index (χ1v) is 8.46. The zero-order valence-corrected chi connectivity index (χ0v) is 13.7. The lowest BCUT2D eigenvalue weighted by Gasteiger charge is -2.27. The molecule has 2 atom stereocenters. The lowest BCUT2D eigenvalue weighted by Crippen LogP contribution is -2.39. The van der Waals surface area contributed by atoms with Crippen LogP contribution in [0, 0.1) is 6.92 Å². The average Bonchev–Trinajstić information content (AvgIpc) is 3.00. The van der Waals surface area contributed by atoms with E-state index < -0.39 is 0 Å². The topological polar surface area (TPSA) is 46.3 Å². The number of nitrogens with two attached hydrogens (primary N) is 1. The maximum absolute atomic E-state index is 13.0. The van der Waals surface area contributed by atoms with Crippen LogP contribution in [0.2, 0.25) is 0 Å². The third-order valence-corrected chi connectivity index (χ3v) is 5.98. The minimum Gasteiger partial charge on any atom is -0.397 e. The fraction of sp³-hybridized carbons (Fsp3) is 0.471. The van der Waals surface area contributed by atoms with Crippen molar-refractivity contribution in [1.82, 2.24) is 4.90 Å². The Balaban J connectivity index is 2.06. The number of thiophene rings is 1. The van der Waals surface area contributed by atoms with Crippen molar-refractivity contribution in [2.75, 3.05) is 5.73 Å². The van der Waals surface area contributed by atoms with Crippen LogP contribution in [0.25, 0.3) is 10.1 Å². The van der Waals surface area contributed by atoms with Gasteiger partial charge in [0.15, 0.2) is 0 Å². The minimum absolute atomic E-state index is 0.116. The van der Waals surface area contributed by atoms with Crippen molar-refractivity contribution in [1.29, 1.82) is 0 Å². The molecule has 1 fully saturated rings. The molecule has 21 heavy (non-hydrogen) atoms. The van der Waals surface area contributed by atoms with E-state index in [0.29, 0.717) is 22.6 Å². The Morgan fingerprint density at radius 3 is 2.86 bits per heavy atom. The van der Waals surface area contributed by atoms with E-state index >= 15 is 0 Å². The Morgan fingerprint density at radius 1 is 1.43 bits per heavy atom. The van der Waals surface area contributed by atoms with Gasteiger partial charge in [-0.2, -0.15) is 0 Å². The lowest BCUT2D eigenvalue weighted by molar-refractivity contribution is 0.0682. The molecule has 2 heterocycles. The van der Waals surface area contributed by atoms with Gasteiger partial charge < -0.3 is 10.6 Å². The van der Waals surface area contributed by atoms with Gasteiger partial charge in [0.2, 0.25) is 0 Å². The molecule has 0 aliphatic carbocycles. The molecular formula is C17H22N2OS. The van der Waals surface area contributed by atoms with Crippen LogP contribution in [0.1, 0.15) is 48.3 Å². The SMILES string of the molecule is CCC1CCC(C)N1C(=O)c1sc2c(C)cccc2c1N. The first kappa shape index (κ1) is 14.4. The summed E-state index contributed by atoms with van der Waals surface area (Å²) in [5, 5.41) is 1.02. The number of hydrogen-bond acceptors (Lipinski definition) is 3. The fourth-order valence-electron chi connectivity index (χ4n) is 3.39. The van der Waals surface area contributed by atoms with E-state index in [2.05, 4.69) is 31.7 Å². The molecule has 2 N–H and O–H groups in total. The summed E-state index contributed by atoms with van der Waals surface area (Å²) in [4.78, 5) is 15.8. The highest BCUT2D eigenvalue weighted by Crippen LogP contribution is 2.38. The molecule has 0 bridgehead atoms. The van der Waals surface area contributed by atoms with Crippen molar-refractivity contribution in [3.63, 3.8) is 0 Å². The van der Waals surface area contributed by atoms with Crippen molar-refractivity contribution >= 4 is 33.0 Å². The number of amides is 1. The summed E-state index contributed by atoms with van der Waals surface area (Å²) >= 11 is 1.54. The van der Waals surface area contributed by atoms with Gasteiger partial charge in [-0.25, -0.2) is 0 Å². The molecule has 0 saturated carbocycles. The molecule has 1 amide bonds. The summed E-state index contributed by atoms with van der Waals surface area (Å²) in [6, 6.07) is 6.75. The molecular weight excluding hydrogens is 280 g/mol. The molecule has 2 aromatic rings. The van der Waals surface area contributed by atoms with Gasteiger partial charge in [0.05, 0.1) is 5.69 Å². The molecule has 0 radical (unpaired) electrons. The van der Waals surface area contributed by atoms with Gasteiger partial charge in [-0.3, -0.25) is 4.79 Å². The summed E-state index contributed by atoms with van der Waals surface area (Å²) in [6.45, 7) is 6.36. The van der Waals surface area contributed by atoms with Crippen LogP contribution < -0.4 is 5.73 Å². The quantitative estimate of drug-likeness (QED) is 0.904. The van der Waals surface area contributed by atoms with Crippen LogP contribution in [-0.2, 0) is 0 Å². The Kier molecular flexibility index (Phi) is 3.66. The molecule has 1 aliphatic rings. The summed E-state index contributed by atoms with van der Waals surface area (Å²) in [6.07, 6.45) is 3.21. The number of nitrogens with zero attached hydrogens (tertiary/aromatic N) is 1. The first-order valence-electron chi connectivity index (χ1n) is 7.64. The predicted octanol–water partition coefficient (Wildman–Crippen LogP) is 4.20. The highest BCUT2D eigenvalue weighted by molar-refractivity contribution is 7.21. The van der Waals surface area contributed by atoms with Crippen LogP contribution in [0.3, 0.4) is 0 Å². The Hall–Kier alpha value is -1.55. The van der Waals surface area contributed by atoms with Crippen molar-refractivity contribution in [2.45, 2.75) is 52.1 Å². The number of rotatable bonds is 2. The van der Waals surface area contributed by atoms with Crippen LogP contribution >= 0.6 is 11.3 Å². The van der Waals surface area contributed by atoms with Gasteiger partial charge in [-0.1, -0.05) is 25.1 Å². The zero-order valence-electron chi connectivity index (χ0n) is 12.8. The second-order valence-electron chi connectivity index (χ2n) is 6.00. The number of carbonyl (C=O) groups excluding carboxylic acids is 1. The molecule has 1 aliphatic heterocycles. The van der Waals surface area contributed by atoms with E-state index in [1.165, 1.54) is 5.56 Å². The second-order valence-corrected chi connectivity index (χ2v) is 7.02. The van der Waals surface area contributed by atoms with Crippen LogP contribution in [-0.4, -0.2) is 22.9 Å². The third-order valence-electron chi connectivity index (χ3n) is 4.64. The fourth-order valence-corrected chi connectivity index (χ4v) is 4.53. The van der Waals surface area contributed by atoms with E-state index in [9.17, 15) is 4.79 Å². The maximum atomic E-state index is 13.0. The summed E-state index contributed by atoms with van der Waals surface area (Å²) in [5.41, 5.74) is 8.11. The van der Waals surface area contributed by atoms with Gasteiger partial charge in [-0.05, 0) is 38.7 Å². The number of aryl methyl sites for hydroxylation is 1. The van der Waals surface area contributed by atoms with E-state index in [0.717, 1.165) is 29.3 Å². The van der Waals surface area contributed by atoms with E-state index in [1.807, 2.05) is 12.1 Å². The summed E-state index contributed by atoms with van der Waals surface area (Å²) < 4.78 is 1.14. The van der Waals surface area contributed by atoms with Gasteiger partial charge in [0.25, 0.3) is 5.91 Å². The molecule has 3 nitrogen and oxygen atoms in total. The van der Waals surface area contributed by atoms with Gasteiger partial charge in [0.1, 0.15) is 4.88 Å². The number of carbonyl (C=O) groups is 1. The molecule has 1 aromatic carbocycles. The van der Waals surface area contributed by atoms with Crippen LogP contribution in [0.5, 0.6) is 0 Å². The first-order chi connectivity index (χ1) is 10.0. The smallest absolute Gasteiger partial charge is 0.266 e. The number of anilines is 1. The standard InChI is InChI=1S/C17H22N2OS/c1-4-12-9-8-11(3)19(12)17(20)16-14(18)13-7-5-6-10(2)15(13)21-16/h5-7,11-12H,4,8-9,18H2,1-3H3. The molecule has 1 aromatic heterocycles. The molecule has 4 heteroatoms. The number of hydrogen-bond donors (Lipinski definition) is 1.